The number of rotatable bonds is 2. The molecule has 0 amide bonds. The first kappa shape index (κ1) is 10.3. The first-order valence-electron chi connectivity index (χ1n) is 6.21. The highest BCUT2D eigenvalue weighted by molar-refractivity contribution is 5.17. The van der Waals surface area contributed by atoms with E-state index in [0.29, 0.717) is 5.92 Å². The second-order valence-electron chi connectivity index (χ2n) is 4.99. The Kier molecular flexibility index (Phi) is 2.30. The van der Waals surface area contributed by atoms with Crippen LogP contribution in [0.25, 0.3) is 0 Å². The zero-order valence-corrected chi connectivity index (χ0v) is 9.76. The lowest BCUT2D eigenvalue weighted by Gasteiger charge is -2.38. The van der Waals surface area contributed by atoms with Crippen LogP contribution < -0.4 is 0 Å². The lowest BCUT2D eigenvalue weighted by atomic mass is 9.79. The van der Waals surface area contributed by atoms with Crippen molar-refractivity contribution in [3.05, 3.63) is 18.0 Å². The SMILES string of the molecule is CCn1nccc1C1(O)CCN2CCC1C2. The van der Waals surface area contributed by atoms with E-state index in [1.165, 1.54) is 0 Å². The van der Waals surface area contributed by atoms with Crippen LogP contribution in [-0.2, 0) is 12.1 Å². The number of hydrogen-bond acceptors (Lipinski definition) is 3. The molecule has 3 rings (SSSR count). The van der Waals surface area contributed by atoms with Crippen LogP contribution in [-0.4, -0.2) is 39.4 Å². The molecular formula is C12H19N3O. The van der Waals surface area contributed by atoms with Gasteiger partial charge in [-0.3, -0.25) is 4.68 Å². The monoisotopic (exact) mass is 221 g/mol. The predicted molar refractivity (Wildman–Crippen MR) is 61.0 cm³/mol. The normalized spacial score (nSPS) is 37.9. The number of aliphatic hydroxyl groups is 1. The summed E-state index contributed by atoms with van der Waals surface area (Å²) in [4.78, 5) is 2.45. The van der Waals surface area contributed by atoms with E-state index in [1.54, 1.807) is 6.20 Å². The van der Waals surface area contributed by atoms with Crippen LogP contribution in [0, 0.1) is 5.92 Å². The molecule has 2 saturated heterocycles. The average molecular weight is 221 g/mol. The fourth-order valence-corrected chi connectivity index (χ4v) is 3.25. The summed E-state index contributed by atoms with van der Waals surface area (Å²) in [5, 5.41) is 15.2. The Balaban J connectivity index is 1.98. The lowest BCUT2D eigenvalue weighted by Crippen LogP contribution is -2.45. The summed E-state index contributed by atoms with van der Waals surface area (Å²) >= 11 is 0. The van der Waals surface area contributed by atoms with Crippen molar-refractivity contribution >= 4 is 0 Å². The van der Waals surface area contributed by atoms with Gasteiger partial charge < -0.3 is 10.0 Å². The molecule has 4 heteroatoms. The molecule has 2 aliphatic rings. The van der Waals surface area contributed by atoms with Crippen LogP contribution in [0.3, 0.4) is 0 Å². The standard InChI is InChI=1S/C12H19N3O/c1-2-15-11(3-6-13-15)12(16)5-8-14-7-4-10(12)9-14/h3,6,10,16H,2,4-5,7-9H2,1H3. The van der Waals surface area contributed by atoms with E-state index in [0.717, 1.165) is 44.7 Å². The van der Waals surface area contributed by atoms with Gasteiger partial charge in [0.15, 0.2) is 0 Å². The zero-order chi connectivity index (χ0) is 11.2. The van der Waals surface area contributed by atoms with Crippen LogP contribution in [0.15, 0.2) is 12.3 Å². The first-order valence-corrected chi connectivity index (χ1v) is 6.21. The molecule has 0 aromatic carbocycles. The van der Waals surface area contributed by atoms with Crippen molar-refractivity contribution < 1.29 is 5.11 Å². The predicted octanol–water partition coefficient (Wildman–Crippen LogP) is 0.816. The van der Waals surface area contributed by atoms with Crippen molar-refractivity contribution in [2.75, 3.05) is 19.6 Å². The molecule has 1 aromatic rings. The van der Waals surface area contributed by atoms with Crippen molar-refractivity contribution in [2.45, 2.75) is 31.9 Å². The summed E-state index contributed by atoms with van der Waals surface area (Å²) in [6.45, 7) is 6.12. The van der Waals surface area contributed by atoms with E-state index in [-0.39, 0.29) is 0 Å². The minimum atomic E-state index is -0.639. The van der Waals surface area contributed by atoms with Crippen molar-refractivity contribution in [3.8, 4) is 0 Å². The minimum absolute atomic E-state index is 0.392. The summed E-state index contributed by atoms with van der Waals surface area (Å²) in [5.41, 5.74) is 0.376. The molecule has 3 heterocycles. The largest absolute Gasteiger partial charge is 0.383 e. The number of piperidine rings is 1. The molecule has 0 radical (unpaired) electrons. The van der Waals surface area contributed by atoms with Gasteiger partial charge in [0, 0.05) is 31.7 Å². The van der Waals surface area contributed by atoms with E-state index in [9.17, 15) is 5.11 Å². The summed E-state index contributed by atoms with van der Waals surface area (Å²) in [6.07, 6.45) is 3.77. The Labute approximate surface area is 95.9 Å². The number of hydrogen-bond donors (Lipinski definition) is 1. The molecule has 16 heavy (non-hydrogen) atoms. The van der Waals surface area contributed by atoms with Crippen LogP contribution in [0.1, 0.15) is 25.5 Å². The van der Waals surface area contributed by atoms with Crippen molar-refractivity contribution in [1.29, 1.82) is 0 Å². The third kappa shape index (κ3) is 1.33. The maximum atomic E-state index is 10.9. The van der Waals surface area contributed by atoms with E-state index in [1.807, 2.05) is 10.7 Å². The number of aromatic nitrogens is 2. The van der Waals surface area contributed by atoms with Gasteiger partial charge >= 0.3 is 0 Å². The Morgan fingerprint density at radius 3 is 3.25 bits per heavy atom. The highest BCUT2D eigenvalue weighted by Crippen LogP contribution is 2.42. The van der Waals surface area contributed by atoms with Gasteiger partial charge in [0.05, 0.1) is 5.69 Å². The maximum Gasteiger partial charge on any atom is 0.111 e. The van der Waals surface area contributed by atoms with Gasteiger partial charge in [-0.25, -0.2) is 0 Å². The lowest BCUT2D eigenvalue weighted by molar-refractivity contribution is -0.0569. The Hall–Kier alpha value is -0.870. The van der Waals surface area contributed by atoms with Crippen LogP contribution in [0.5, 0.6) is 0 Å². The molecule has 4 nitrogen and oxygen atoms in total. The van der Waals surface area contributed by atoms with E-state index >= 15 is 0 Å². The fraction of sp³-hybridized carbons (Fsp3) is 0.750. The molecule has 2 bridgehead atoms. The molecule has 88 valence electrons. The van der Waals surface area contributed by atoms with Gasteiger partial charge in [0.1, 0.15) is 5.60 Å². The second-order valence-corrected chi connectivity index (χ2v) is 4.99. The minimum Gasteiger partial charge on any atom is -0.383 e. The summed E-state index contributed by atoms with van der Waals surface area (Å²) < 4.78 is 1.94. The quantitative estimate of drug-likeness (QED) is 0.803. The van der Waals surface area contributed by atoms with Crippen LogP contribution in [0.2, 0.25) is 0 Å². The topological polar surface area (TPSA) is 41.3 Å². The van der Waals surface area contributed by atoms with Crippen molar-refractivity contribution in [2.24, 2.45) is 5.92 Å². The molecule has 1 N–H and O–H groups in total. The molecule has 1 aromatic heterocycles. The number of nitrogens with zero attached hydrogens (tertiary/aromatic N) is 3. The van der Waals surface area contributed by atoms with Gasteiger partial charge in [-0.05, 0) is 32.4 Å². The number of aryl methyl sites for hydroxylation is 1. The molecular weight excluding hydrogens is 202 g/mol. The molecule has 2 aliphatic heterocycles. The van der Waals surface area contributed by atoms with Gasteiger partial charge in [0.25, 0.3) is 0 Å². The molecule has 0 spiro atoms. The van der Waals surface area contributed by atoms with Gasteiger partial charge in [-0.2, -0.15) is 5.10 Å². The first-order chi connectivity index (χ1) is 7.74. The van der Waals surface area contributed by atoms with Gasteiger partial charge in [0.2, 0.25) is 0 Å². The summed E-state index contributed by atoms with van der Waals surface area (Å²) in [7, 11) is 0. The van der Waals surface area contributed by atoms with Crippen LogP contribution in [0.4, 0.5) is 0 Å². The molecule has 0 aliphatic carbocycles. The molecule has 3 unspecified atom stereocenters. The highest BCUT2D eigenvalue weighted by Gasteiger charge is 2.47. The molecule has 3 atom stereocenters. The second kappa shape index (κ2) is 3.57. The summed E-state index contributed by atoms with van der Waals surface area (Å²) in [5.74, 6) is 0.392. The zero-order valence-electron chi connectivity index (χ0n) is 9.76. The van der Waals surface area contributed by atoms with Gasteiger partial charge in [-0.1, -0.05) is 0 Å². The van der Waals surface area contributed by atoms with Crippen LogP contribution >= 0.6 is 0 Å². The third-order valence-electron chi connectivity index (χ3n) is 4.22. The Bertz CT molecular complexity index is 389. The highest BCUT2D eigenvalue weighted by atomic mass is 16.3. The van der Waals surface area contributed by atoms with E-state index < -0.39 is 5.60 Å². The number of fused-ring (bicyclic) bond motifs is 2. The third-order valence-corrected chi connectivity index (χ3v) is 4.22. The summed E-state index contributed by atoms with van der Waals surface area (Å²) in [6, 6.07) is 1.98. The molecule has 2 fully saturated rings. The average Bonchev–Trinajstić information content (AvgIpc) is 2.93. The fourth-order valence-electron chi connectivity index (χ4n) is 3.25. The Morgan fingerprint density at radius 1 is 1.56 bits per heavy atom. The van der Waals surface area contributed by atoms with E-state index in [2.05, 4.69) is 16.9 Å². The Morgan fingerprint density at radius 2 is 2.44 bits per heavy atom. The van der Waals surface area contributed by atoms with E-state index in [4.69, 9.17) is 0 Å². The van der Waals surface area contributed by atoms with Crippen molar-refractivity contribution in [1.82, 2.24) is 14.7 Å². The smallest absolute Gasteiger partial charge is 0.111 e. The van der Waals surface area contributed by atoms with Crippen molar-refractivity contribution in [3.63, 3.8) is 0 Å². The van der Waals surface area contributed by atoms with Gasteiger partial charge in [-0.15, -0.1) is 0 Å². The maximum absolute atomic E-state index is 10.9. The molecule has 0 saturated carbocycles.